The SMILES string of the molecule is CCN1CC[C@]2(C(=O)N3CCCC3)CCN(C(=O)Nc3cccc(Cl)c3)CC[C@H]12. The fourth-order valence-electron chi connectivity index (χ4n) is 5.43. The van der Waals surface area contributed by atoms with Crippen molar-refractivity contribution in [3.8, 4) is 0 Å². The molecule has 4 rings (SSSR count). The molecule has 3 aliphatic heterocycles. The molecular formula is C22H31ClN4O2. The fraction of sp³-hybridized carbons (Fsp3) is 0.636. The predicted octanol–water partition coefficient (Wildman–Crippen LogP) is 3.67. The maximum Gasteiger partial charge on any atom is 0.321 e. The number of halogens is 1. The first kappa shape index (κ1) is 20.5. The van der Waals surface area contributed by atoms with Gasteiger partial charge in [0.05, 0.1) is 5.41 Å². The van der Waals surface area contributed by atoms with Gasteiger partial charge in [-0.15, -0.1) is 0 Å². The molecule has 0 unspecified atom stereocenters. The first-order valence-electron chi connectivity index (χ1n) is 10.9. The van der Waals surface area contributed by atoms with E-state index in [1.165, 1.54) is 0 Å². The second kappa shape index (κ2) is 8.52. The van der Waals surface area contributed by atoms with Crippen LogP contribution in [0.3, 0.4) is 0 Å². The van der Waals surface area contributed by atoms with Crippen molar-refractivity contribution in [1.82, 2.24) is 14.7 Å². The van der Waals surface area contributed by atoms with E-state index in [1.54, 1.807) is 12.1 Å². The van der Waals surface area contributed by atoms with E-state index < -0.39 is 0 Å². The summed E-state index contributed by atoms with van der Waals surface area (Å²) in [5.74, 6) is 0.327. The number of nitrogens with one attached hydrogen (secondary N) is 1. The average molecular weight is 419 g/mol. The van der Waals surface area contributed by atoms with Crippen molar-refractivity contribution >= 4 is 29.2 Å². The zero-order chi connectivity index (χ0) is 20.4. The summed E-state index contributed by atoms with van der Waals surface area (Å²) in [6.45, 7) is 7.16. The van der Waals surface area contributed by atoms with E-state index in [4.69, 9.17) is 11.6 Å². The van der Waals surface area contributed by atoms with Gasteiger partial charge in [0.2, 0.25) is 5.91 Å². The van der Waals surface area contributed by atoms with Gasteiger partial charge in [0.1, 0.15) is 0 Å². The number of carbonyl (C=O) groups excluding carboxylic acids is 2. The standard InChI is InChI=1S/C22H31ClN4O2/c1-2-25-14-9-22(20(28)26-11-3-4-12-26)10-15-27(13-8-19(22)25)21(29)24-18-7-5-6-17(23)16-18/h5-7,16,19H,2-4,8-15H2,1H3,(H,24,29)/t19-,22-/m0/s1. The lowest BCUT2D eigenvalue weighted by molar-refractivity contribution is -0.143. The second-order valence-electron chi connectivity index (χ2n) is 8.52. The molecule has 0 saturated carbocycles. The first-order valence-corrected chi connectivity index (χ1v) is 11.3. The summed E-state index contributed by atoms with van der Waals surface area (Å²) in [5, 5.41) is 3.56. The largest absolute Gasteiger partial charge is 0.342 e. The molecule has 3 fully saturated rings. The molecule has 1 aromatic carbocycles. The van der Waals surface area contributed by atoms with Crippen LogP contribution in [-0.4, -0.2) is 71.9 Å². The smallest absolute Gasteiger partial charge is 0.321 e. The molecule has 0 aliphatic carbocycles. The maximum atomic E-state index is 13.6. The number of hydrogen-bond acceptors (Lipinski definition) is 3. The second-order valence-corrected chi connectivity index (χ2v) is 8.95. The lowest BCUT2D eigenvalue weighted by Gasteiger charge is -2.38. The molecule has 29 heavy (non-hydrogen) atoms. The molecule has 0 spiro atoms. The summed E-state index contributed by atoms with van der Waals surface area (Å²) < 4.78 is 0. The quantitative estimate of drug-likeness (QED) is 0.814. The van der Waals surface area contributed by atoms with Crippen LogP contribution >= 0.6 is 11.6 Å². The lowest BCUT2D eigenvalue weighted by Crippen LogP contribution is -2.50. The monoisotopic (exact) mass is 418 g/mol. The minimum Gasteiger partial charge on any atom is -0.342 e. The molecule has 3 aliphatic rings. The maximum absolute atomic E-state index is 13.6. The van der Waals surface area contributed by atoms with Crippen LogP contribution in [0.15, 0.2) is 24.3 Å². The Balaban J connectivity index is 1.50. The lowest BCUT2D eigenvalue weighted by atomic mass is 9.75. The molecule has 0 bridgehead atoms. The number of urea groups is 1. The highest BCUT2D eigenvalue weighted by Gasteiger charge is 2.54. The molecule has 3 amide bonds. The molecule has 2 atom stereocenters. The molecule has 158 valence electrons. The van der Waals surface area contributed by atoms with Gasteiger partial charge in [-0.2, -0.15) is 0 Å². The number of amides is 3. The molecule has 6 nitrogen and oxygen atoms in total. The van der Waals surface area contributed by atoms with Crippen molar-refractivity contribution in [3.05, 3.63) is 29.3 Å². The summed E-state index contributed by atoms with van der Waals surface area (Å²) in [4.78, 5) is 32.9. The van der Waals surface area contributed by atoms with Crippen molar-refractivity contribution in [1.29, 1.82) is 0 Å². The van der Waals surface area contributed by atoms with Crippen LogP contribution in [0, 0.1) is 5.41 Å². The molecule has 1 N–H and O–H groups in total. The van der Waals surface area contributed by atoms with Crippen LogP contribution in [-0.2, 0) is 4.79 Å². The normalized spacial score (nSPS) is 27.6. The third kappa shape index (κ3) is 3.97. The first-order chi connectivity index (χ1) is 14.0. The molecule has 3 heterocycles. The average Bonchev–Trinajstić information content (AvgIpc) is 3.32. The van der Waals surface area contributed by atoms with E-state index in [1.807, 2.05) is 17.0 Å². The molecule has 0 aromatic heterocycles. The summed E-state index contributed by atoms with van der Waals surface area (Å²) in [6, 6.07) is 7.32. The highest BCUT2D eigenvalue weighted by Crippen LogP contribution is 2.45. The predicted molar refractivity (Wildman–Crippen MR) is 115 cm³/mol. The van der Waals surface area contributed by atoms with Crippen LogP contribution in [0.2, 0.25) is 5.02 Å². The van der Waals surface area contributed by atoms with E-state index in [9.17, 15) is 9.59 Å². The Morgan fingerprint density at radius 3 is 2.59 bits per heavy atom. The zero-order valence-electron chi connectivity index (χ0n) is 17.2. The number of nitrogens with zero attached hydrogens (tertiary/aromatic N) is 3. The Morgan fingerprint density at radius 1 is 1.10 bits per heavy atom. The van der Waals surface area contributed by atoms with Gasteiger partial charge >= 0.3 is 6.03 Å². The number of anilines is 1. The number of benzene rings is 1. The third-order valence-corrected chi connectivity index (χ3v) is 7.25. The minimum atomic E-state index is -0.342. The Morgan fingerprint density at radius 2 is 1.86 bits per heavy atom. The van der Waals surface area contributed by atoms with Gasteiger partial charge in [0.15, 0.2) is 0 Å². The van der Waals surface area contributed by atoms with Gasteiger partial charge in [-0.25, -0.2) is 4.79 Å². The van der Waals surface area contributed by atoms with E-state index >= 15 is 0 Å². The van der Waals surface area contributed by atoms with Gasteiger partial charge in [-0.3, -0.25) is 9.69 Å². The van der Waals surface area contributed by atoms with Crippen molar-refractivity contribution in [2.75, 3.05) is 44.6 Å². The van der Waals surface area contributed by atoms with Crippen LogP contribution in [0.5, 0.6) is 0 Å². The van der Waals surface area contributed by atoms with Gasteiger partial charge in [0, 0.05) is 42.9 Å². The number of likely N-dealkylation sites (tertiary alicyclic amines) is 3. The number of fused-ring (bicyclic) bond motifs is 1. The molecular weight excluding hydrogens is 388 g/mol. The van der Waals surface area contributed by atoms with Gasteiger partial charge in [-0.05, 0) is 63.4 Å². The topological polar surface area (TPSA) is 55.9 Å². The summed E-state index contributed by atoms with van der Waals surface area (Å²) in [5.41, 5.74) is 0.357. The van der Waals surface area contributed by atoms with Crippen molar-refractivity contribution in [2.24, 2.45) is 5.41 Å². The number of rotatable bonds is 3. The summed E-state index contributed by atoms with van der Waals surface area (Å²) in [6.07, 6.45) is 4.71. The minimum absolute atomic E-state index is 0.112. The number of carbonyl (C=O) groups is 2. The Hall–Kier alpha value is -1.79. The van der Waals surface area contributed by atoms with Crippen molar-refractivity contribution in [3.63, 3.8) is 0 Å². The van der Waals surface area contributed by atoms with E-state index in [-0.39, 0.29) is 17.5 Å². The summed E-state index contributed by atoms with van der Waals surface area (Å²) in [7, 11) is 0. The van der Waals surface area contributed by atoms with E-state index in [0.29, 0.717) is 29.7 Å². The summed E-state index contributed by atoms with van der Waals surface area (Å²) >= 11 is 6.04. The van der Waals surface area contributed by atoms with Gasteiger partial charge in [-0.1, -0.05) is 24.6 Å². The van der Waals surface area contributed by atoms with E-state index in [2.05, 4.69) is 22.0 Å². The van der Waals surface area contributed by atoms with Gasteiger partial charge in [0.25, 0.3) is 0 Å². The van der Waals surface area contributed by atoms with Crippen LogP contribution in [0.25, 0.3) is 0 Å². The highest BCUT2D eigenvalue weighted by molar-refractivity contribution is 6.30. The van der Waals surface area contributed by atoms with Crippen LogP contribution in [0.1, 0.15) is 39.0 Å². The van der Waals surface area contributed by atoms with E-state index in [0.717, 1.165) is 58.3 Å². The van der Waals surface area contributed by atoms with Crippen LogP contribution < -0.4 is 5.32 Å². The highest BCUT2D eigenvalue weighted by atomic mass is 35.5. The van der Waals surface area contributed by atoms with Crippen LogP contribution in [0.4, 0.5) is 10.5 Å². The molecule has 0 radical (unpaired) electrons. The number of hydrogen-bond donors (Lipinski definition) is 1. The molecule has 1 aromatic rings. The molecule has 7 heteroatoms. The Bertz CT molecular complexity index is 767. The third-order valence-electron chi connectivity index (χ3n) is 7.01. The van der Waals surface area contributed by atoms with Crippen molar-refractivity contribution < 1.29 is 9.59 Å². The van der Waals surface area contributed by atoms with Gasteiger partial charge < -0.3 is 15.1 Å². The fourth-order valence-corrected chi connectivity index (χ4v) is 5.62. The Labute approximate surface area is 178 Å². The zero-order valence-corrected chi connectivity index (χ0v) is 18.0. The molecule has 3 saturated heterocycles. The van der Waals surface area contributed by atoms with Crippen molar-refractivity contribution in [2.45, 2.75) is 45.1 Å². The Kier molecular flexibility index (Phi) is 6.02.